The zero-order chi connectivity index (χ0) is 19.5. The standard InChI is InChI=1S/C19H11BrN4O4/c20-14-8-9-15(16-13(14)7-4-10-21-16)28-19-17(24(25)26)18(22-11-23-19)27-12-5-2-1-3-6-12/h1-11H. The van der Waals surface area contributed by atoms with Gasteiger partial charge in [0.05, 0.1) is 4.92 Å². The van der Waals surface area contributed by atoms with E-state index in [2.05, 4.69) is 30.9 Å². The monoisotopic (exact) mass is 438 g/mol. The first kappa shape index (κ1) is 17.8. The quantitative estimate of drug-likeness (QED) is 0.308. The summed E-state index contributed by atoms with van der Waals surface area (Å²) in [6, 6.07) is 15.7. The molecule has 0 N–H and O–H groups in total. The lowest BCUT2D eigenvalue weighted by Gasteiger charge is -2.10. The molecule has 9 heteroatoms. The third-order valence-corrected chi connectivity index (χ3v) is 4.47. The molecule has 28 heavy (non-hydrogen) atoms. The predicted molar refractivity (Wildman–Crippen MR) is 105 cm³/mol. The predicted octanol–water partition coefficient (Wildman–Crippen LogP) is 5.28. The van der Waals surface area contributed by atoms with Gasteiger partial charge in [-0.3, -0.25) is 15.1 Å². The van der Waals surface area contributed by atoms with Crippen LogP contribution in [-0.4, -0.2) is 19.9 Å². The number of pyridine rings is 1. The van der Waals surface area contributed by atoms with E-state index in [0.717, 1.165) is 16.2 Å². The molecule has 0 atom stereocenters. The Kier molecular flexibility index (Phi) is 4.81. The molecule has 0 spiro atoms. The fourth-order valence-corrected chi connectivity index (χ4v) is 3.00. The summed E-state index contributed by atoms with van der Waals surface area (Å²) in [5.41, 5.74) is 0.0636. The number of nitrogens with zero attached hydrogens (tertiary/aromatic N) is 4. The molecule has 0 aliphatic rings. The summed E-state index contributed by atoms with van der Waals surface area (Å²) >= 11 is 3.45. The fraction of sp³-hybridized carbons (Fsp3) is 0. The largest absolute Gasteiger partial charge is 0.433 e. The Labute approximate surface area is 167 Å². The maximum absolute atomic E-state index is 11.7. The van der Waals surface area contributed by atoms with Crippen LogP contribution in [0.15, 0.2) is 71.6 Å². The smallest absolute Gasteiger partial charge is 0.393 e. The second kappa shape index (κ2) is 7.57. The van der Waals surface area contributed by atoms with Crippen LogP contribution in [0.2, 0.25) is 0 Å². The normalized spacial score (nSPS) is 10.6. The molecule has 0 bridgehead atoms. The highest BCUT2D eigenvalue weighted by atomic mass is 79.9. The third-order valence-electron chi connectivity index (χ3n) is 3.78. The van der Waals surface area contributed by atoms with Gasteiger partial charge in [-0.2, -0.15) is 9.97 Å². The van der Waals surface area contributed by atoms with Gasteiger partial charge < -0.3 is 9.47 Å². The van der Waals surface area contributed by atoms with Gasteiger partial charge in [-0.05, 0) is 30.3 Å². The molecular weight excluding hydrogens is 428 g/mol. The van der Waals surface area contributed by atoms with E-state index >= 15 is 0 Å². The lowest BCUT2D eigenvalue weighted by Crippen LogP contribution is -2.01. The number of benzene rings is 2. The molecule has 0 saturated carbocycles. The number of aromatic nitrogens is 3. The molecule has 0 saturated heterocycles. The average molecular weight is 439 g/mol. The summed E-state index contributed by atoms with van der Waals surface area (Å²) in [4.78, 5) is 23.2. The van der Waals surface area contributed by atoms with Crippen molar-refractivity contribution in [2.24, 2.45) is 0 Å². The van der Waals surface area contributed by atoms with Crippen molar-refractivity contribution in [2.75, 3.05) is 0 Å². The Bertz CT molecular complexity index is 1170. The number of hydrogen-bond donors (Lipinski definition) is 0. The molecule has 0 aliphatic carbocycles. The van der Waals surface area contributed by atoms with Crippen LogP contribution in [0.5, 0.6) is 23.3 Å². The van der Waals surface area contributed by atoms with Crippen molar-refractivity contribution >= 4 is 32.5 Å². The molecule has 0 radical (unpaired) electrons. The maximum atomic E-state index is 11.7. The van der Waals surface area contributed by atoms with E-state index < -0.39 is 10.6 Å². The Hall–Kier alpha value is -3.59. The van der Waals surface area contributed by atoms with Crippen molar-refractivity contribution in [3.8, 4) is 23.3 Å². The topological polar surface area (TPSA) is 100 Å². The van der Waals surface area contributed by atoms with Gasteiger partial charge in [0, 0.05) is 16.1 Å². The SMILES string of the molecule is O=[N+]([O-])c1c(Oc2ccccc2)ncnc1Oc1ccc(Br)c2cccnc12. The third kappa shape index (κ3) is 3.47. The van der Waals surface area contributed by atoms with Crippen molar-refractivity contribution in [1.29, 1.82) is 0 Å². The van der Waals surface area contributed by atoms with Crippen molar-refractivity contribution in [3.63, 3.8) is 0 Å². The molecule has 2 aromatic carbocycles. The van der Waals surface area contributed by atoms with Crippen LogP contribution in [0.3, 0.4) is 0 Å². The van der Waals surface area contributed by atoms with Crippen molar-refractivity contribution < 1.29 is 14.4 Å². The second-order valence-electron chi connectivity index (χ2n) is 5.55. The Balaban J connectivity index is 1.78. The summed E-state index contributed by atoms with van der Waals surface area (Å²) in [5, 5.41) is 12.5. The van der Waals surface area contributed by atoms with E-state index in [1.807, 2.05) is 6.07 Å². The summed E-state index contributed by atoms with van der Waals surface area (Å²) in [5.74, 6) is 0.285. The van der Waals surface area contributed by atoms with E-state index in [4.69, 9.17) is 9.47 Å². The van der Waals surface area contributed by atoms with Crippen LogP contribution >= 0.6 is 15.9 Å². The van der Waals surface area contributed by atoms with Gasteiger partial charge in [0.25, 0.3) is 0 Å². The number of halogens is 1. The lowest BCUT2D eigenvalue weighted by molar-refractivity contribution is -0.387. The summed E-state index contributed by atoms with van der Waals surface area (Å²) in [7, 11) is 0. The summed E-state index contributed by atoms with van der Waals surface area (Å²) < 4.78 is 12.1. The molecule has 4 aromatic rings. The molecule has 0 amide bonds. The van der Waals surface area contributed by atoms with Crippen molar-refractivity contribution in [2.45, 2.75) is 0 Å². The van der Waals surface area contributed by atoms with Gasteiger partial charge in [-0.1, -0.05) is 40.2 Å². The molecule has 0 aliphatic heterocycles. The summed E-state index contributed by atoms with van der Waals surface area (Å²) in [6.07, 6.45) is 2.76. The van der Waals surface area contributed by atoms with Crippen LogP contribution in [0.4, 0.5) is 5.69 Å². The van der Waals surface area contributed by atoms with Gasteiger partial charge in [-0.15, -0.1) is 0 Å². The van der Waals surface area contributed by atoms with E-state index in [1.54, 1.807) is 54.7 Å². The van der Waals surface area contributed by atoms with E-state index in [-0.39, 0.29) is 11.8 Å². The maximum Gasteiger partial charge on any atom is 0.393 e. The molecular formula is C19H11BrN4O4. The molecule has 138 valence electrons. The number of nitro groups is 1. The molecule has 0 fully saturated rings. The zero-order valence-electron chi connectivity index (χ0n) is 14.2. The first-order valence-corrected chi connectivity index (χ1v) is 8.86. The number of fused-ring (bicyclic) bond motifs is 1. The Morgan fingerprint density at radius 1 is 0.893 bits per heavy atom. The first-order valence-electron chi connectivity index (χ1n) is 8.07. The average Bonchev–Trinajstić information content (AvgIpc) is 2.71. The summed E-state index contributed by atoms with van der Waals surface area (Å²) in [6.45, 7) is 0. The highest BCUT2D eigenvalue weighted by molar-refractivity contribution is 9.10. The van der Waals surface area contributed by atoms with Crippen molar-refractivity contribution in [3.05, 3.63) is 81.7 Å². The Morgan fingerprint density at radius 3 is 2.39 bits per heavy atom. The molecule has 4 rings (SSSR count). The van der Waals surface area contributed by atoms with Crippen molar-refractivity contribution in [1.82, 2.24) is 15.0 Å². The molecule has 2 aromatic heterocycles. The number of para-hydroxylation sites is 1. The minimum atomic E-state index is -0.637. The first-order chi connectivity index (χ1) is 13.6. The Morgan fingerprint density at radius 2 is 1.64 bits per heavy atom. The zero-order valence-corrected chi connectivity index (χ0v) is 15.7. The fourth-order valence-electron chi connectivity index (χ4n) is 2.55. The van der Waals surface area contributed by atoms with Gasteiger partial charge in [0.2, 0.25) is 0 Å². The van der Waals surface area contributed by atoms with Crippen LogP contribution < -0.4 is 9.47 Å². The van der Waals surface area contributed by atoms with Gasteiger partial charge in [0.1, 0.15) is 17.6 Å². The molecule has 2 heterocycles. The molecule has 8 nitrogen and oxygen atoms in total. The highest BCUT2D eigenvalue weighted by Crippen LogP contribution is 2.39. The lowest BCUT2D eigenvalue weighted by atomic mass is 10.2. The van der Waals surface area contributed by atoms with Crippen LogP contribution in [0.25, 0.3) is 10.9 Å². The van der Waals surface area contributed by atoms with E-state index in [0.29, 0.717) is 17.0 Å². The number of rotatable bonds is 5. The van der Waals surface area contributed by atoms with E-state index in [1.165, 1.54) is 0 Å². The van der Waals surface area contributed by atoms with Crippen LogP contribution in [0, 0.1) is 10.1 Å². The van der Waals surface area contributed by atoms with Gasteiger partial charge in [-0.25, -0.2) is 0 Å². The van der Waals surface area contributed by atoms with Gasteiger partial charge in [0.15, 0.2) is 5.75 Å². The minimum absolute atomic E-state index is 0.212. The van der Waals surface area contributed by atoms with Crippen LogP contribution in [-0.2, 0) is 0 Å². The minimum Gasteiger partial charge on any atom is -0.433 e. The highest BCUT2D eigenvalue weighted by Gasteiger charge is 2.27. The van der Waals surface area contributed by atoms with E-state index in [9.17, 15) is 10.1 Å². The number of hydrogen-bond acceptors (Lipinski definition) is 7. The van der Waals surface area contributed by atoms with Gasteiger partial charge >= 0.3 is 17.4 Å². The van der Waals surface area contributed by atoms with Crippen LogP contribution in [0.1, 0.15) is 0 Å². The number of ether oxygens (including phenoxy) is 2. The second-order valence-corrected chi connectivity index (χ2v) is 6.41. The molecule has 0 unspecified atom stereocenters.